The van der Waals surface area contributed by atoms with Gasteiger partial charge in [0.15, 0.2) is 11.4 Å². The molecule has 29 heavy (non-hydrogen) atoms. The molecule has 7 nitrogen and oxygen atoms in total. The number of thioether (sulfide) groups is 1. The number of hydrogen-bond donors (Lipinski definition) is 0. The number of aromatic nitrogens is 3. The molecule has 8 heteroatoms. The zero-order valence-electron chi connectivity index (χ0n) is 17.3. The van der Waals surface area contributed by atoms with Crippen LogP contribution < -0.4 is 0 Å². The SMILES string of the molecule is Cc1ccc(C)c(-n2c(C)nnc2SCC(=O)N2CCCC(C3OCCO3)C2)c1. The molecule has 2 aliphatic heterocycles. The summed E-state index contributed by atoms with van der Waals surface area (Å²) < 4.78 is 13.3. The van der Waals surface area contributed by atoms with Crippen LogP contribution in [0.5, 0.6) is 0 Å². The van der Waals surface area contributed by atoms with Gasteiger partial charge in [0.2, 0.25) is 5.91 Å². The standard InChI is InChI=1S/C21H28N4O3S/c1-14-6-7-15(2)18(11-14)25-16(3)22-23-21(25)29-13-19(26)24-8-4-5-17(12-24)20-27-9-10-28-20/h6-7,11,17,20H,4-5,8-10,12-13H2,1-3H3. The van der Waals surface area contributed by atoms with Crippen molar-refractivity contribution in [2.75, 3.05) is 32.1 Å². The number of likely N-dealkylation sites (tertiary alicyclic amines) is 1. The monoisotopic (exact) mass is 416 g/mol. The van der Waals surface area contributed by atoms with E-state index in [1.807, 2.05) is 16.4 Å². The first-order valence-electron chi connectivity index (χ1n) is 10.2. The second-order valence-corrected chi connectivity index (χ2v) is 8.74. The number of nitrogens with zero attached hydrogens (tertiary/aromatic N) is 4. The van der Waals surface area contributed by atoms with E-state index in [4.69, 9.17) is 9.47 Å². The van der Waals surface area contributed by atoms with Gasteiger partial charge in [-0.1, -0.05) is 23.9 Å². The van der Waals surface area contributed by atoms with E-state index in [9.17, 15) is 4.79 Å². The van der Waals surface area contributed by atoms with Crippen LogP contribution in [0.15, 0.2) is 23.4 Å². The van der Waals surface area contributed by atoms with E-state index in [1.165, 1.54) is 17.3 Å². The number of benzene rings is 1. The van der Waals surface area contributed by atoms with Crippen LogP contribution in [0, 0.1) is 26.7 Å². The minimum absolute atomic E-state index is 0.130. The van der Waals surface area contributed by atoms with Crippen molar-refractivity contribution in [2.45, 2.75) is 45.1 Å². The average molecular weight is 417 g/mol. The summed E-state index contributed by atoms with van der Waals surface area (Å²) in [6, 6.07) is 6.33. The van der Waals surface area contributed by atoms with E-state index >= 15 is 0 Å². The summed E-state index contributed by atoms with van der Waals surface area (Å²) in [6.07, 6.45) is 1.87. The van der Waals surface area contributed by atoms with Crippen molar-refractivity contribution in [2.24, 2.45) is 5.92 Å². The lowest BCUT2D eigenvalue weighted by atomic mass is 9.97. The Labute approximate surface area is 175 Å². The van der Waals surface area contributed by atoms with Crippen molar-refractivity contribution in [1.29, 1.82) is 0 Å². The van der Waals surface area contributed by atoms with Crippen LogP contribution in [0.1, 0.15) is 29.8 Å². The summed E-state index contributed by atoms with van der Waals surface area (Å²) in [5.74, 6) is 1.57. The van der Waals surface area contributed by atoms with Gasteiger partial charge in [-0.05, 0) is 50.8 Å². The minimum Gasteiger partial charge on any atom is -0.350 e. The molecule has 0 bridgehead atoms. The Morgan fingerprint density at radius 1 is 1.21 bits per heavy atom. The smallest absolute Gasteiger partial charge is 0.233 e. The molecule has 1 aromatic carbocycles. The van der Waals surface area contributed by atoms with Gasteiger partial charge in [-0.2, -0.15) is 0 Å². The van der Waals surface area contributed by atoms with Crippen LogP contribution in [0.4, 0.5) is 0 Å². The largest absolute Gasteiger partial charge is 0.350 e. The molecule has 0 N–H and O–H groups in total. The Balaban J connectivity index is 1.43. The van der Waals surface area contributed by atoms with Gasteiger partial charge in [-0.25, -0.2) is 0 Å². The lowest BCUT2D eigenvalue weighted by molar-refractivity contribution is -0.136. The number of amides is 1. The molecule has 0 radical (unpaired) electrons. The van der Waals surface area contributed by atoms with E-state index < -0.39 is 0 Å². The normalized spacial score (nSPS) is 20.4. The first-order valence-corrected chi connectivity index (χ1v) is 11.1. The first-order chi connectivity index (χ1) is 14.0. The molecule has 2 fully saturated rings. The molecular formula is C21H28N4O3S. The second kappa shape index (κ2) is 8.85. The Morgan fingerprint density at radius 3 is 2.79 bits per heavy atom. The number of piperidine rings is 1. The van der Waals surface area contributed by atoms with Gasteiger partial charge in [0, 0.05) is 19.0 Å². The van der Waals surface area contributed by atoms with Crippen molar-refractivity contribution in [3.8, 4) is 5.69 Å². The summed E-state index contributed by atoms with van der Waals surface area (Å²) in [5, 5.41) is 9.33. The summed E-state index contributed by atoms with van der Waals surface area (Å²) >= 11 is 1.45. The van der Waals surface area contributed by atoms with Crippen molar-refractivity contribution in [1.82, 2.24) is 19.7 Å². The lowest BCUT2D eigenvalue weighted by Gasteiger charge is -2.34. The van der Waals surface area contributed by atoms with Crippen LogP contribution in [-0.2, 0) is 14.3 Å². The molecule has 3 heterocycles. The number of carbonyl (C=O) groups is 1. The average Bonchev–Trinajstić information content (AvgIpc) is 3.38. The fourth-order valence-corrected chi connectivity index (χ4v) is 4.89. The number of aryl methyl sites for hydroxylation is 3. The van der Waals surface area contributed by atoms with E-state index in [0.717, 1.165) is 41.6 Å². The highest BCUT2D eigenvalue weighted by molar-refractivity contribution is 7.99. The predicted octanol–water partition coefficient (Wildman–Crippen LogP) is 2.90. The molecular weight excluding hydrogens is 388 g/mol. The van der Waals surface area contributed by atoms with Gasteiger partial charge in [-0.3, -0.25) is 9.36 Å². The zero-order chi connectivity index (χ0) is 20.4. The molecule has 2 aromatic rings. The van der Waals surface area contributed by atoms with Crippen molar-refractivity contribution in [3.63, 3.8) is 0 Å². The molecule has 2 saturated heterocycles. The van der Waals surface area contributed by atoms with Crippen LogP contribution in [0.3, 0.4) is 0 Å². The number of hydrogen-bond acceptors (Lipinski definition) is 6. The molecule has 0 spiro atoms. The van der Waals surface area contributed by atoms with Crippen LogP contribution in [0.2, 0.25) is 0 Å². The van der Waals surface area contributed by atoms with Crippen LogP contribution >= 0.6 is 11.8 Å². The number of carbonyl (C=O) groups excluding carboxylic acids is 1. The maximum absolute atomic E-state index is 12.9. The van der Waals surface area contributed by atoms with Crippen molar-refractivity contribution < 1.29 is 14.3 Å². The van der Waals surface area contributed by atoms with E-state index in [2.05, 4.69) is 42.2 Å². The summed E-state index contributed by atoms with van der Waals surface area (Å²) in [7, 11) is 0. The maximum atomic E-state index is 12.9. The molecule has 1 aromatic heterocycles. The molecule has 4 rings (SSSR count). The van der Waals surface area contributed by atoms with Crippen molar-refractivity contribution >= 4 is 17.7 Å². The Morgan fingerprint density at radius 2 is 2.00 bits per heavy atom. The van der Waals surface area contributed by atoms with E-state index in [0.29, 0.717) is 25.5 Å². The highest BCUT2D eigenvalue weighted by Gasteiger charge is 2.32. The lowest BCUT2D eigenvalue weighted by Crippen LogP contribution is -2.44. The van der Waals surface area contributed by atoms with Crippen LogP contribution in [-0.4, -0.2) is 63.9 Å². The van der Waals surface area contributed by atoms with Gasteiger partial charge in [0.05, 0.1) is 24.7 Å². The highest BCUT2D eigenvalue weighted by Crippen LogP contribution is 2.28. The molecule has 156 valence electrons. The fourth-order valence-electron chi connectivity index (χ4n) is 4.00. The Hall–Kier alpha value is -1.90. The quantitative estimate of drug-likeness (QED) is 0.698. The third-order valence-electron chi connectivity index (χ3n) is 5.57. The Bertz CT molecular complexity index is 879. The molecule has 1 amide bonds. The van der Waals surface area contributed by atoms with Gasteiger partial charge in [0.25, 0.3) is 0 Å². The molecule has 0 aliphatic carbocycles. The van der Waals surface area contributed by atoms with Gasteiger partial charge < -0.3 is 14.4 Å². The third-order valence-corrected chi connectivity index (χ3v) is 6.48. The zero-order valence-corrected chi connectivity index (χ0v) is 18.1. The first kappa shape index (κ1) is 20.4. The van der Waals surface area contributed by atoms with Crippen LogP contribution in [0.25, 0.3) is 5.69 Å². The van der Waals surface area contributed by atoms with E-state index in [1.54, 1.807) is 0 Å². The topological polar surface area (TPSA) is 69.5 Å². The molecule has 1 atom stereocenters. The van der Waals surface area contributed by atoms with E-state index in [-0.39, 0.29) is 18.1 Å². The highest BCUT2D eigenvalue weighted by atomic mass is 32.2. The third kappa shape index (κ3) is 4.49. The summed E-state index contributed by atoms with van der Waals surface area (Å²) in [6.45, 7) is 8.89. The van der Waals surface area contributed by atoms with Gasteiger partial charge in [0.1, 0.15) is 5.82 Å². The number of ether oxygens (including phenoxy) is 2. The van der Waals surface area contributed by atoms with Gasteiger partial charge >= 0.3 is 0 Å². The van der Waals surface area contributed by atoms with Gasteiger partial charge in [-0.15, -0.1) is 10.2 Å². The second-order valence-electron chi connectivity index (χ2n) is 7.80. The Kier molecular flexibility index (Phi) is 6.22. The molecule has 0 saturated carbocycles. The summed E-state index contributed by atoms with van der Waals surface area (Å²) in [5.41, 5.74) is 3.40. The number of rotatable bonds is 5. The fraction of sp³-hybridized carbons (Fsp3) is 0.571. The van der Waals surface area contributed by atoms with Crippen molar-refractivity contribution in [3.05, 3.63) is 35.2 Å². The minimum atomic E-state index is -0.159. The molecule has 1 unspecified atom stereocenters. The summed E-state index contributed by atoms with van der Waals surface area (Å²) in [4.78, 5) is 14.8. The molecule has 2 aliphatic rings. The maximum Gasteiger partial charge on any atom is 0.233 e. The predicted molar refractivity (Wildman–Crippen MR) is 111 cm³/mol.